The first-order chi connectivity index (χ1) is 13.8. The minimum atomic E-state index is 0.685. The van der Waals surface area contributed by atoms with Crippen molar-refractivity contribution >= 4 is 11.0 Å². The molecule has 28 heavy (non-hydrogen) atoms. The Morgan fingerprint density at radius 2 is 1.61 bits per heavy atom. The number of nitrogens with zero attached hydrogens (tertiary/aromatic N) is 3. The Kier molecular flexibility index (Phi) is 3.98. The summed E-state index contributed by atoms with van der Waals surface area (Å²) in [7, 11) is 0. The van der Waals surface area contributed by atoms with Gasteiger partial charge in [0, 0.05) is 22.6 Å². The third-order valence-corrected chi connectivity index (χ3v) is 5.79. The van der Waals surface area contributed by atoms with Crippen molar-refractivity contribution in [2.75, 3.05) is 0 Å². The molecule has 0 N–H and O–H groups in total. The summed E-state index contributed by atoms with van der Waals surface area (Å²) >= 11 is 0. The van der Waals surface area contributed by atoms with Crippen LogP contribution in [0, 0.1) is 18.3 Å². The minimum Gasteiger partial charge on any atom is -0.310 e. The molecule has 136 valence electrons. The topological polar surface area (TPSA) is 41.6 Å². The van der Waals surface area contributed by atoms with Crippen molar-refractivity contribution in [3.05, 3.63) is 83.2 Å². The van der Waals surface area contributed by atoms with Crippen LogP contribution in [0.4, 0.5) is 0 Å². The third kappa shape index (κ3) is 2.46. The number of hydrogen-bond donors (Lipinski definition) is 0. The molecule has 4 aromatic rings. The van der Waals surface area contributed by atoms with Crippen molar-refractivity contribution < 1.29 is 0 Å². The first kappa shape index (κ1) is 16.8. The second-order valence-electron chi connectivity index (χ2n) is 7.43. The summed E-state index contributed by atoms with van der Waals surface area (Å²) in [6, 6.07) is 23.3. The van der Waals surface area contributed by atoms with Gasteiger partial charge in [0.15, 0.2) is 0 Å². The zero-order chi connectivity index (χ0) is 19.1. The molecule has 0 aliphatic heterocycles. The van der Waals surface area contributed by atoms with E-state index in [1.54, 1.807) is 0 Å². The molecular formula is C25H21N3. The molecule has 0 saturated heterocycles. The smallest absolute Gasteiger partial charge is 0.108 e. The Balaban J connectivity index is 1.99. The standard InChI is InChI=1S/C25H21N3/c1-17-21(16-26)24-25(28(17)19-12-6-3-7-13-19)23(18-10-4-2-5-11-18)20-14-8-9-15-22(20)27-24/h2-7,10-13H,8-9,14-15H2,1H3. The van der Waals surface area contributed by atoms with Crippen LogP contribution < -0.4 is 0 Å². The van der Waals surface area contributed by atoms with E-state index < -0.39 is 0 Å². The second-order valence-corrected chi connectivity index (χ2v) is 7.43. The van der Waals surface area contributed by atoms with Gasteiger partial charge in [0.05, 0.1) is 11.1 Å². The highest BCUT2D eigenvalue weighted by Gasteiger charge is 2.26. The number of aromatic nitrogens is 2. The molecule has 5 rings (SSSR count). The van der Waals surface area contributed by atoms with E-state index in [9.17, 15) is 5.26 Å². The number of para-hydroxylation sites is 1. The lowest BCUT2D eigenvalue weighted by molar-refractivity contribution is 0.672. The lowest BCUT2D eigenvalue weighted by atomic mass is 9.88. The maximum atomic E-state index is 9.94. The number of hydrogen-bond acceptors (Lipinski definition) is 2. The van der Waals surface area contributed by atoms with Gasteiger partial charge in [-0.2, -0.15) is 5.26 Å². The molecule has 0 bridgehead atoms. The van der Waals surface area contributed by atoms with E-state index in [0.29, 0.717) is 5.56 Å². The van der Waals surface area contributed by atoms with E-state index in [2.05, 4.69) is 53.1 Å². The molecule has 0 spiro atoms. The molecule has 0 fully saturated rings. The summed E-state index contributed by atoms with van der Waals surface area (Å²) < 4.78 is 2.22. The maximum absolute atomic E-state index is 9.94. The monoisotopic (exact) mass is 363 g/mol. The summed E-state index contributed by atoms with van der Waals surface area (Å²) in [6.45, 7) is 2.03. The number of pyridine rings is 1. The van der Waals surface area contributed by atoms with Gasteiger partial charge in [0.2, 0.25) is 0 Å². The summed E-state index contributed by atoms with van der Waals surface area (Å²) in [4.78, 5) is 5.04. The average Bonchev–Trinajstić information content (AvgIpc) is 3.03. The Bertz CT molecular complexity index is 1210. The van der Waals surface area contributed by atoms with Gasteiger partial charge >= 0.3 is 0 Å². The van der Waals surface area contributed by atoms with Crippen molar-refractivity contribution in [1.29, 1.82) is 5.26 Å². The van der Waals surface area contributed by atoms with E-state index in [-0.39, 0.29) is 0 Å². The Labute approximate surface area is 164 Å². The molecule has 0 atom stereocenters. The normalized spacial score (nSPS) is 13.3. The fourth-order valence-corrected chi connectivity index (χ4v) is 4.52. The minimum absolute atomic E-state index is 0.685. The summed E-state index contributed by atoms with van der Waals surface area (Å²) in [5.74, 6) is 0. The Morgan fingerprint density at radius 3 is 2.32 bits per heavy atom. The zero-order valence-corrected chi connectivity index (χ0v) is 15.9. The molecule has 3 nitrogen and oxygen atoms in total. The lowest BCUT2D eigenvalue weighted by Gasteiger charge is -2.21. The maximum Gasteiger partial charge on any atom is 0.108 e. The SMILES string of the molecule is Cc1c(C#N)c2nc3c(c(-c4ccccc4)c2n1-c1ccccc1)CCCC3. The van der Waals surface area contributed by atoms with Crippen molar-refractivity contribution in [3.8, 4) is 22.9 Å². The molecule has 0 saturated carbocycles. The molecule has 0 amide bonds. The molecule has 2 aromatic heterocycles. The van der Waals surface area contributed by atoms with Crippen molar-refractivity contribution in [2.45, 2.75) is 32.6 Å². The van der Waals surface area contributed by atoms with Gasteiger partial charge in [-0.05, 0) is 55.9 Å². The van der Waals surface area contributed by atoms with Crippen LogP contribution in [0.5, 0.6) is 0 Å². The number of rotatable bonds is 2. The van der Waals surface area contributed by atoms with Gasteiger partial charge in [-0.15, -0.1) is 0 Å². The lowest BCUT2D eigenvalue weighted by Crippen LogP contribution is -2.09. The number of nitriles is 1. The van der Waals surface area contributed by atoms with Gasteiger partial charge in [0.1, 0.15) is 11.6 Å². The highest BCUT2D eigenvalue weighted by Crippen LogP contribution is 2.40. The molecular weight excluding hydrogens is 342 g/mol. The molecule has 0 radical (unpaired) electrons. The van der Waals surface area contributed by atoms with Gasteiger partial charge in [-0.25, -0.2) is 4.98 Å². The van der Waals surface area contributed by atoms with E-state index in [1.165, 1.54) is 35.2 Å². The third-order valence-electron chi connectivity index (χ3n) is 5.79. The quantitative estimate of drug-likeness (QED) is 0.455. The van der Waals surface area contributed by atoms with Crippen LogP contribution in [0.15, 0.2) is 60.7 Å². The van der Waals surface area contributed by atoms with Crippen LogP contribution in [0.1, 0.15) is 35.4 Å². The predicted molar refractivity (Wildman–Crippen MR) is 113 cm³/mol. The second kappa shape index (κ2) is 6.65. The van der Waals surface area contributed by atoms with Crippen LogP contribution >= 0.6 is 0 Å². The van der Waals surface area contributed by atoms with Gasteiger partial charge in [-0.1, -0.05) is 48.5 Å². The summed E-state index contributed by atoms with van der Waals surface area (Å²) in [5, 5.41) is 9.94. The first-order valence-corrected chi connectivity index (χ1v) is 9.87. The largest absolute Gasteiger partial charge is 0.310 e. The molecule has 1 aliphatic carbocycles. The highest BCUT2D eigenvalue weighted by molar-refractivity contribution is 5.99. The Hall–Kier alpha value is -3.38. The van der Waals surface area contributed by atoms with Crippen molar-refractivity contribution in [2.24, 2.45) is 0 Å². The summed E-state index contributed by atoms with van der Waals surface area (Å²) in [5.41, 5.74) is 9.57. The first-order valence-electron chi connectivity index (χ1n) is 9.87. The van der Waals surface area contributed by atoms with Crippen LogP contribution in [0.2, 0.25) is 0 Å². The molecule has 3 heteroatoms. The van der Waals surface area contributed by atoms with Gasteiger partial charge in [0.25, 0.3) is 0 Å². The van der Waals surface area contributed by atoms with Crippen LogP contribution in [-0.4, -0.2) is 9.55 Å². The Morgan fingerprint density at radius 1 is 0.929 bits per heavy atom. The number of aryl methyl sites for hydroxylation is 1. The van der Waals surface area contributed by atoms with E-state index >= 15 is 0 Å². The van der Waals surface area contributed by atoms with Crippen molar-refractivity contribution in [3.63, 3.8) is 0 Å². The number of fused-ring (bicyclic) bond motifs is 2. The molecule has 0 unspecified atom stereocenters. The number of benzene rings is 2. The predicted octanol–water partition coefficient (Wildman–Crippen LogP) is 5.75. The van der Waals surface area contributed by atoms with E-state index in [0.717, 1.165) is 35.3 Å². The van der Waals surface area contributed by atoms with E-state index in [1.807, 2.05) is 25.1 Å². The van der Waals surface area contributed by atoms with Gasteiger partial charge in [-0.3, -0.25) is 0 Å². The highest BCUT2D eigenvalue weighted by atomic mass is 15.0. The summed E-state index contributed by atoms with van der Waals surface area (Å²) in [6.07, 6.45) is 4.39. The van der Waals surface area contributed by atoms with Crippen LogP contribution in [0.25, 0.3) is 27.8 Å². The molecule has 2 aromatic carbocycles. The van der Waals surface area contributed by atoms with E-state index in [4.69, 9.17) is 4.98 Å². The molecule has 1 aliphatic rings. The average molecular weight is 363 g/mol. The van der Waals surface area contributed by atoms with Crippen molar-refractivity contribution in [1.82, 2.24) is 9.55 Å². The fourth-order valence-electron chi connectivity index (χ4n) is 4.52. The van der Waals surface area contributed by atoms with Crippen LogP contribution in [-0.2, 0) is 12.8 Å². The van der Waals surface area contributed by atoms with Gasteiger partial charge < -0.3 is 4.57 Å². The zero-order valence-electron chi connectivity index (χ0n) is 15.9. The fraction of sp³-hybridized carbons (Fsp3) is 0.200. The molecule has 2 heterocycles. The van der Waals surface area contributed by atoms with Crippen LogP contribution in [0.3, 0.4) is 0 Å².